The predicted molar refractivity (Wildman–Crippen MR) is 79.6 cm³/mol. The Balaban J connectivity index is 1.80. The SMILES string of the molecule is Nc1cccc(OCC(=O)NCc2ccc(F)c(Cl)c2)c1. The molecule has 0 aliphatic rings. The van der Waals surface area contributed by atoms with E-state index in [-0.39, 0.29) is 24.1 Å². The maximum atomic E-state index is 13.0. The van der Waals surface area contributed by atoms with Gasteiger partial charge in [0.05, 0.1) is 5.02 Å². The van der Waals surface area contributed by atoms with Crippen molar-refractivity contribution < 1.29 is 13.9 Å². The summed E-state index contributed by atoms with van der Waals surface area (Å²) >= 11 is 5.66. The van der Waals surface area contributed by atoms with Crippen molar-refractivity contribution >= 4 is 23.2 Å². The van der Waals surface area contributed by atoms with Crippen LogP contribution >= 0.6 is 11.6 Å². The van der Waals surface area contributed by atoms with Crippen LogP contribution in [-0.2, 0) is 11.3 Å². The Bertz CT molecular complexity index is 649. The lowest BCUT2D eigenvalue weighted by Gasteiger charge is -2.08. The number of benzene rings is 2. The van der Waals surface area contributed by atoms with Gasteiger partial charge in [-0.05, 0) is 29.8 Å². The summed E-state index contributed by atoms with van der Waals surface area (Å²) in [4.78, 5) is 11.7. The minimum atomic E-state index is -0.489. The molecule has 0 radical (unpaired) electrons. The molecule has 4 nitrogen and oxygen atoms in total. The molecule has 0 aliphatic heterocycles. The van der Waals surface area contributed by atoms with Crippen LogP contribution in [0.1, 0.15) is 5.56 Å². The lowest BCUT2D eigenvalue weighted by atomic mass is 10.2. The first-order valence-electron chi connectivity index (χ1n) is 6.23. The van der Waals surface area contributed by atoms with Crippen molar-refractivity contribution in [2.24, 2.45) is 0 Å². The fourth-order valence-electron chi connectivity index (χ4n) is 1.65. The van der Waals surface area contributed by atoms with Gasteiger partial charge in [0.1, 0.15) is 11.6 Å². The van der Waals surface area contributed by atoms with Crippen molar-refractivity contribution in [1.29, 1.82) is 0 Å². The van der Waals surface area contributed by atoms with Gasteiger partial charge in [0, 0.05) is 18.3 Å². The lowest BCUT2D eigenvalue weighted by Crippen LogP contribution is -2.28. The van der Waals surface area contributed by atoms with E-state index < -0.39 is 5.82 Å². The molecular formula is C15H14ClFN2O2. The van der Waals surface area contributed by atoms with Gasteiger partial charge in [0.15, 0.2) is 6.61 Å². The highest BCUT2D eigenvalue weighted by atomic mass is 35.5. The van der Waals surface area contributed by atoms with Crippen molar-refractivity contribution in [2.45, 2.75) is 6.54 Å². The predicted octanol–water partition coefficient (Wildman–Crippen LogP) is 2.76. The number of carbonyl (C=O) groups excluding carboxylic acids is 1. The van der Waals surface area contributed by atoms with E-state index in [0.717, 1.165) is 0 Å². The summed E-state index contributed by atoms with van der Waals surface area (Å²) in [6.45, 7) is 0.123. The Kier molecular flexibility index (Phi) is 5.00. The molecule has 0 unspecified atom stereocenters. The molecule has 0 aromatic heterocycles. The van der Waals surface area contributed by atoms with Gasteiger partial charge in [-0.3, -0.25) is 4.79 Å². The van der Waals surface area contributed by atoms with Crippen molar-refractivity contribution in [3.05, 3.63) is 58.9 Å². The molecule has 0 saturated carbocycles. The van der Waals surface area contributed by atoms with E-state index >= 15 is 0 Å². The second-order valence-corrected chi connectivity index (χ2v) is 4.79. The average molecular weight is 309 g/mol. The molecule has 0 heterocycles. The van der Waals surface area contributed by atoms with E-state index in [9.17, 15) is 9.18 Å². The van der Waals surface area contributed by atoms with E-state index in [1.165, 1.54) is 12.1 Å². The van der Waals surface area contributed by atoms with E-state index in [4.69, 9.17) is 22.1 Å². The van der Waals surface area contributed by atoms with Gasteiger partial charge >= 0.3 is 0 Å². The summed E-state index contributed by atoms with van der Waals surface area (Å²) in [7, 11) is 0. The highest BCUT2D eigenvalue weighted by Gasteiger charge is 2.05. The first kappa shape index (κ1) is 15.1. The molecule has 0 aliphatic carbocycles. The third-order valence-corrected chi connectivity index (χ3v) is 2.99. The Morgan fingerprint density at radius 3 is 2.81 bits per heavy atom. The van der Waals surface area contributed by atoms with Gasteiger partial charge in [-0.15, -0.1) is 0 Å². The molecule has 2 aromatic carbocycles. The second kappa shape index (κ2) is 6.95. The number of nitrogen functional groups attached to an aromatic ring is 1. The molecular weight excluding hydrogens is 295 g/mol. The number of halogens is 2. The molecule has 0 fully saturated rings. The van der Waals surface area contributed by atoms with E-state index in [1.807, 2.05) is 0 Å². The van der Waals surface area contributed by atoms with Gasteiger partial charge in [-0.1, -0.05) is 23.7 Å². The van der Waals surface area contributed by atoms with Gasteiger partial charge < -0.3 is 15.8 Å². The maximum Gasteiger partial charge on any atom is 0.258 e. The van der Waals surface area contributed by atoms with Crippen LogP contribution in [-0.4, -0.2) is 12.5 Å². The highest BCUT2D eigenvalue weighted by molar-refractivity contribution is 6.30. The first-order valence-corrected chi connectivity index (χ1v) is 6.61. The summed E-state index contributed by atoms with van der Waals surface area (Å²) in [6, 6.07) is 11.1. The maximum absolute atomic E-state index is 13.0. The monoisotopic (exact) mass is 308 g/mol. The summed E-state index contributed by atoms with van der Waals surface area (Å²) in [6.07, 6.45) is 0. The molecule has 0 spiro atoms. The minimum Gasteiger partial charge on any atom is -0.484 e. The number of carbonyl (C=O) groups is 1. The average Bonchev–Trinajstić information content (AvgIpc) is 2.46. The smallest absolute Gasteiger partial charge is 0.258 e. The quantitative estimate of drug-likeness (QED) is 0.835. The standard InChI is InChI=1S/C15H14ClFN2O2/c16-13-6-10(4-5-14(13)17)8-19-15(20)9-21-12-3-1-2-11(18)7-12/h1-7H,8-9,18H2,(H,19,20). The van der Waals surface area contributed by atoms with Crippen LogP contribution in [0.4, 0.5) is 10.1 Å². The third-order valence-electron chi connectivity index (χ3n) is 2.70. The van der Waals surface area contributed by atoms with Crippen LogP contribution in [0.5, 0.6) is 5.75 Å². The number of hydrogen-bond donors (Lipinski definition) is 2. The molecule has 1 amide bonds. The molecule has 2 rings (SSSR count). The molecule has 2 aromatic rings. The van der Waals surface area contributed by atoms with Crippen molar-refractivity contribution in [2.75, 3.05) is 12.3 Å². The molecule has 0 atom stereocenters. The Labute approximate surface area is 126 Å². The molecule has 3 N–H and O–H groups in total. The summed E-state index contributed by atoms with van der Waals surface area (Å²) in [5, 5.41) is 2.68. The lowest BCUT2D eigenvalue weighted by molar-refractivity contribution is -0.123. The number of ether oxygens (including phenoxy) is 1. The normalized spacial score (nSPS) is 10.2. The van der Waals surface area contributed by atoms with E-state index in [1.54, 1.807) is 30.3 Å². The summed E-state index contributed by atoms with van der Waals surface area (Å²) in [5.74, 6) is -0.260. The van der Waals surface area contributed by atoms with Crippen LogP contribution in [0.25, 0.3) is 0 Å². The molecule has 110 valence electrons. The zero-order chi connectivity index (χ0) is 15.2. The van der Waals surface area contributed by atoms with Crippen LogP contribution in [0.15, 0.2) is 42.5 Å². The Hall–Kier alpha value is -2.27. The largest absolute Gasteiger partial charge is 0.484 e. The summed E-state index contributed by atoms with van der Waals surface area (Å²) in [5.41, 5.74) is 6.87. The van der Waals surface area contributed by atoms with E-state index in [0.29, 0.717) is 17.0 Å². The van der Waals surface area contributed by atoms with Crippen molar-refractivity contribution in [1.82, 2.24) is 5.32 Å². The Morgan fingerprint density at radius 2 is 2.10 bits per heavy atom. The fraction of sp³-hybridized carbons (Fsp3) is 0.133. The number of nitrogens with two attached hydrogens (primary N) is 1. The van der Waals surface area contributed by atoms with Crippen LogP contribution in [0.3, 0.4) is 0 Å². The van der Waals surface area contributed by atoms with Crippen molar-refractivity contribution in [3.8, 4) is 5.75 Å². The van der Waals surface area contributed by atoms with Gasteiger partial charge in [0.25, 0.3) is 5.91 Å². The summed E-state index contributed by atoms with van der Waals surface area (Å²) < 4.78 is 18.3. The molecule has 21 heavy (non-hydrogen) atoms. The van der Waals surface area contributed by atoms with Crippen LogP contribution in [0.2, 0.25) is 5.02 Å². The molecule has 6 heteroatoms. The minimum absolute atomic E-state index is 0.0257. The van der Waals surface area contributed by atoms with Gasteiger partial charge in [-0.2, -0.15) is 0 Å². The molecule has 0 bridgehead atoms. The number of anilines is 1. The zero-order valence-electron chi connectivity index (χ0n) is 11.1. The zero-order valence-corrected chi connectivity index (χ0v) is 11.9. The highest BCUT2D eigenvalue weighted by Crippen LogP contribution is 2.16. The second-order valence-electron chi connectivity index (χ2n) is 4.39. The van der Waals surface area contributed by atoms with Gasteiger partial charge in [0.2, 0.25) is 0 Å². The number of rotatable bonds is 5. The molecule has 0 saturated heterocycles. The van der Waals surface area contributed by atoms with Gasteiger partial charge in [-0.25, -0.2) is 4.39 Å². The van der Waals surface area contributed by atoms with E-state index in [2.05, 4.69) is 5.32 Å². The van der Waals surface area contributed by atoms with Crippen molar-refractivity contribution in [3.63, 3.8) is 0 Å². The number of amides is 1. The van der Waals surface area contributed by atoms with Crippen LogP contribution in [0, 0.1) is 5.82 Å². The topological polar surface area (TPSA) is 64.3 Å². The third kappa shape index (κ3) is 4.65. The van der Waals surface area contributed by atoms with Crippen LogP contribution < -0.4 is 15.8 Å². The Morgan fingerprint density at radius 1 is 1.29 bits per heavy atom. The number of hydrogen-bond acceptors (Lipinski definition) is 3. The fourth-order valence-corrected chi connectivity index (χ4v) is 1.86. The number of nitrogens with one attached hydrogen (secondary N) is 1. The first-order chi connectivity index (χ1) is 10.0.